The van der Waals surface area contributed by atoms with Gasteiger partial charge in [0.1, 0.15) is 0 Å². The van der Waals surface area contributed by atoms with Crippen molar-refractivity contribution in [2.75, 3.05) is 19.4 Å². The molecule has 0 bridgehead atoms. The molecule has 0 saturated carbocycles. The minimum atomic E-state index is 0.864. The van der Waals surface area contributed by atoms with Gasteiger partial charge in [0.25, 0.3) is 0 Å². The third-order valence-corrected chi connectivity index (χ3v) is 2.45. The van der Waals surface area contributed by atoms with E-state index in [0.717, 1.165) is 18.9 Å². The highest BCUT2D eigenvalue weighted by molar-refractivity contribution is 5.57. The number of hydrogen-bond acceptors (Lipinski definition) is 3. The Labute approximate surface area is 90.8 Å². The summed E-state index contributed by atoms with van der Waals surface area (Å²) in [7, 11) is 4.16. The topological polar surface area (TPSA) is 27.3 Å². The van der Waals surface area contributed by atoms with E-state index < -0.39 is 0 Å². The lowest BCUT2D eigenvalue weighted by molar-refractivity contribution is 0.402. The van der Waals surface area contributed by atoms with Crippen molar-refractivity contribution in [3.63, 3.8) is 0 Å². The molecular weight excluding hydrogens is 186 g/mol. The van der Waals surface area contributed by atoms with Crippen LogP contribution >= 0.6 is 0 Å². The monoisotopic (exact) mass is 203 g/mol. The largest absolute Gasteiger partial charge is 0.368 e. The maximum atomic E-state index is 3.85. The summed E-state index contributed by atoms with van der Waals surface area (Å²) < 4.78 is 0. The number of nitrogens with one attached hydrogen (secondary N) is 2. The summed E-state index contributed by atoms with van der Waals surface area (Å²) in [4.78, 5) is 2.17. The molecule has 1 aliphatic heterocycles. The summed E-state index contributed by atoms with van der Waals surface area (Å²) in [5, 5.41) is 6.42. The maximum Gasteiger partial charge on any atom is 0.0959 e. The minimum Gasteiger partial charge on any atom is -0.368 e. The molecule has 0 aliphatic carbocycles. The molecule has 1 aliphatic rings. The van der Waals surface area contributed by atoms with Crippen molar-refractivity contribution in [1.29, 1.82) is 0 Å². The summed E-state index contributed by atoms with van der Waals surface area (Å²) in [5.41, 5.74) is 3.82. The summed E-state index contributed by atoms with van der Waals surface area (Å²) in [6, 6.07) is 6.52. The highest BCUT2D eigenvalue weighted by atomic mass is 15.1. The zero-order valence-electron chi connectivity index (χ0n) is 9.30. The molecule has 0 fully saturated rings. The first-order chi connectivity index (χ1) is 7.15. The Hall–Kier alpha value is -1.48. The van der Waals surface area contributed by atoms with Gasteiger partial charge in [0, 0.05) is 18.8 Å². The van der Waals surface area contributed by atoms with E-state index in [1.165, 1.54) is 16.8 Å². The van der Waals surface area contributed by atoms with Crippen LogP contribution in [0.25, 0.3) is 0 Å². The van der Waals surface area contributed by atoms with Gasteiger partial charge >= 0.3 is 0 Å². The average Bonchev–Trinajstić information content (AvgIpc) is 2.17. The van der Waals surface area contributed by atoms with Crippen molar-refractivity contribution < 1.29 is 0 Å². The van der Waals surface area contributed by atoms with E-state index in [4.69, 9.17) is 0 Å². The third-order valence-electron chi connectivity index (χ3n) is 2.45. The van der Waals surface area contributed by atoms with Gasteiger partial charge < -0.3 is 15.5 Å². The highest BCUT2D eigenvalue weighted by Crippen LogP contribution is 2.22. The molecular formula is C12H17N3. The Morgan fingerprint density at radius 3 is 2.93 bits per heavy atom. The zero-order valence-corrected chi connectivity index (χ0v) is 9.30. The average molecular weight is 203 g/mol. The quantitative estimate of drug-likeness (QED) is 0.766. The van der Waals surface area contributed by atoms with Gasteiger partial charge in [0.05, 0.1) is 5.82 Å². The van der Waals surface area contributed by atoms with Crippen LogP contribution in [0.1, 0.15) is 11.1 Å². The van der Waals surface area contributed by atoms with Crippen LogP contribution in [0.15, 0.2) is 30.6 Å². The Balaban J connectivity index is 2.23. The molecule has 0 spiro atoms. The van der Waals surface area contributed by atoms with Crippen molar-refractivity contribution in [1.82, 2.24) is 10.2 Å². The third kappa shape index (κ3) is 2.30. The Kier molecular flexibility index (Phi) is 2.64. The van der Waals surface area contributed by atoms with Crippen molar-refractivity contribution in [3.05, 3.63) is 41.7 Å². The molecule has 3 nitrogen and oxygen atoms in total. The molecule has 1 heterocycles. The van der Waals surface area contributed by atoms with Crippen LogP contribution in [-0.4, -0.2) is 19.0 Å². The van der Waals surface area contributed by atoms with Crippen LogP contribution < -0.4 is 10.6 Å². The van der Waals surface area contributed by atoms with E-state index in [2.05, 4.69) is 54.4 Å². The Morgan fingerprint density at radius 1 is 1.40 bits per heavy atom. The van der Waals surface area contributed by atoms with E-state index in [9.17, 15) is 0 Å². The van der Waals surface area contributed by atoms with Crippen molar-refractivity contribution in [2.45, 2.75) is 13.1 Å². The molecule has 0 saturated heterocycles. The molecule has 0 unspecified atom stereocenters. The fourth-order valence-corrected chi connectivity index (χ4v) is 1.79. The fraction of sp³-hybridized carbons (Fsp3) is 0.333. The van der Waals surface area contributed by atoms with Crippen molar-refractivity contribution in [3.8, 4) is 0 Å². The van der Waals surface area contributed by atoms with Crippen LogP contribution in [0.4, 0.5) is 5.69 Å². The van der Waals surface area contributed by atoms with Crippen LogP contribution in [0.2, 0.25) is 0 Å². The number of rotatable bonds is 2. The highest BCUT2D eigenvalue weighted by Gasteiger charge is 2.10. The molecule has 80 valence electrons. The van der Waals surface area contributed by atoms with Gasteiger partial charge in [0.15, 0.2) is 0 Å². The molecule has 15 heavy (non-hydrogen) atoms. The smallest absolute Gasteiger partial charge is 0.0959 e. The normalized spacial score (nSPS) is 14.5. The summed E-state index contributed by atoms with van der Waals surface area (Å²) in [6.07, 6.45) is 0. The molecule has 0 amide bonds. The molecule has 0 atom stereocenters. The van der Waals surface area contributed by atoms with Crippen molar-refractivity contribution >= 4 is 5.69 Å². The van der Waals surface area contributed by atoms with Gasteiger partial charge in [-0.15, -0.1) is 0 Å². The first-order valence-corrected chi connectivity index (χ1v) is 5.11. The van der Waals surface area contributed by atoms with E-state index in [1.807, 2.05) is 0 Å². The van der Waals surface area contributed by atoms with Gasteiger partial charge in [-0.1, -0.05) is 18.7 Å². The fourth-order valence-electron chi connectivity index (χ4n) is 1.79. The molecule has 1 aromatic carbocycles. The number of anilines is 1. The van der Waals surface area contributed by atoms with Crippen LogP contribution in [0, 0.1) is 0 Å². The number of nitrogens with zero attached hydrogens (tertiary/aromatic N) is 1. The lowest BCUT2D eigenvalue weighted by Crippen LogP contribution is -2.24. The van der Waals surface area contributed by atoms with Crippen LogP contribution in [-0.2, 0) is 13.1 Å². The SMILES string of the molecule is C=C1NCc2cc(CN(C)C)ccc2N1. The van der Waals surface area contributed by atoms with E-state index >= 15 is 0 Å². The van der Waals surface area contributed by atoms with Gasteiger partial charge in [0.2, 0.25) is 0 Å². The summed E-state index contributed by atoms with van der Waals surface area (Å²) >= 11 is 0. The van der Waals surface area contributed by atoms with Crippen LogP contribution in [0.3, 0.4) is 0 Å². The first kappa shape index (κ1) is 10.1. The van der Waals surface area contributed by atoms with Crippen LogP contribution in [0.5, 0.6) is 0 Å². The van der Waals surface area contributed by atoms with Gasteiger partial charge in [-0.25, -0.2) is 0 Å². The van der Waals surface area contributed by atoms with E-state index in [-0.39, 0.29) is 0 Å². The number of fused-ring (bicyclic) bond motifs is 1. The molecule has 2 rings (SSSR count). The Bertz CT molecular complexity index is 382. The second kappa shape index (κ2) is 3.95. The zero-order chi connectivity index (χ0) is 10.8. The minimum absolute atomic E-state index is 0.864. The molecule has 2 N–H and O–H groups in total. The molecule has 0 radical (unpaired) electrons. The van der Waals surface area contributed by atoms with Gasteiger partial charge in [-0.2, -0.15) is 0 Å². The molecule has 0 aromatic heterocycles. The first-order valence-electron chi connectivity index (χ1n) is 5.11. The second-order valence-corrected chi connectivity index (χ2v) is 4.19. The Morgan fingerprint density at radius 2 is 2.20 bits per heavy atom. The standard InChI is InChI=1S/C12H17N3/c1-9-13-7-11-6-10(8-15(2)3)4-5-12(11)14-9/h4-6,13-14H,1,7-8H2,2-3H3. The molecule has 1 aromatic rings. The summed E-state index contributed by atoms with van der Waals surface area (Å²) in [5.74, 6) is 0.878. The maximum absolute atomic E-state index is 3.85. The second-order valence-electron chi connectivity index (χ2n) is 4.19. The van der Waals surface area contributed by atoms with Gasteiger partial charge in [-0.3, -0.25) is 0 Å². The lowest BCUT2D eigenvalue weighted by Gasteiger charge is -2.23. The number of benzene rings is 1. The molecule has 3 heteroatoms. The number of hydrogen-bond donors (Lipinski definition) is 2. The van der Waals surface area contributed by atoms with Crippen molar-refractivity contribution in [2.24, 2.45) is 0 Å². The van der Waals surface area contributed by atoms with Gasteiger partial charge in [-0.05, 0) is 31.3 Å². The van der Waals surface area contributed by atoms with E-state index in [0.29, 0.717) is 0 Å². The predicted octanol–water partition coefficient (Wildman–Crippen LogP) is 1.73. The summed E-state index contributed by atoms with van der Waals surface area (Å²) in [6.45, 7) is 5.70. The lowest BCUT2D eigenvalue weighted by atomic mass is 10.1. The predicted molar refractivity (Wildman–Crippen MR) is 63.4 cm³/mol. The van der Waals surface area contributed by atoms with E-state index in [1.54, 1.807) is 0 Å².